The van der Waals surface area contributed by atoms with Gasteiger partial charge in [0.1, 0.15) is 30.3 Å². The number of aliphatic hydroxyl groups is 2. The monoisotopic (exact) mass is 748 g/mol. The summed E-state index contributed by atoms with van der Waals surface area (Å²) in [5, 5.41) is 29.1. The van der Waals surface area contributed by atoms with Crippen LogP contribution in [-0.4, -0.2) is 84.1 Å². The number of hydrogen-bond donors (Lipinski definition) is 2. The topological polar surface area (TPSA) is 129 Å². The highest BCUT2D eigenvalue weighted by molar-refractivity contribution is 6.26. The van der Waals surface area contributed by atoms with Crippen LogP contribution in [-0.2, 0) is 31.0 Å². The Morgan fingerprint density at radius 2 is 1.51 bits per heavy atom. The first kappa shape index (κ1) is 38.3. The van der Waals surface area contributed by atoms with Crippen LogP contribution in [0.3, 0.4) is 0 Å². The molecule has 0 aliphatic heterocycles. The molecule has 1 fully saturated rings. The van der Waals surface area contributed by atoms with Crippen LogP contribution in [0.2, 0.25) is 0 Å². The Morgan fingerprint density at radius 1 is 0.891 bits per heavy atom. The van der Waals surface area contributed by atoms with Gasteiger partial charge in [-0.3, -0.25) is 14.5 Å². The lowest BCUT2D eigenvalue weighted by Gasteiger charge is -2.49. The number of aromatic nitrogens is 1. The van der Waals surface area contributed by atoms with Crippen LogP contribution in [0.4, 0.5) is 5.69 Å². The van der Waals surface area contributed by atoms with Gasteiger partial charge in [-0.05, 0) is 78.8 Å². The van der Waals surface area contributed by atoms with E-state index in [4.69, 9.17) is 14.0 Å². The number of ether oxygens (including phenoxy) is 2. The van der Waals surface area contributed by atoms with E-state index in [1.54, 1.807) is 0 Å². The van der Waals surface area contributed by atoms with Gasteiger partial charge < -0.3 is 34.0 Å². The predicted molar refractivity (Wildman–Crippen MR) is 210 cm³/mol. The summed E-state index contributed by atoms with van der Waals surface area (Å²) in [5.41, 5.74) is 2.60. The van der Waals surface area contributed by atoms with Crippen LogP contribution in [0.1, 0.15) is 77.2 Å². The average Bonchev–Trinajstić information content (AvgIpc) is 3.54. The zero-order valence-corrected chi connectivity index (χ0v) is 33.1. The molecule has 1 heterocycles. The number of benzene rings is 3. The van der Waals surface area contributed by atoms with E-state index in [0.29, 0.717) is 24.3 Å². The van der Waals surface area contributed by atoms with Gasteiger partial charge in [0.2, 0.25) is 11.6 Å². The van der Waals surface area contributed by atoms with Gasteiger partial charge in [0.25, 0.3) is 5.88 Å². The van der Waals surface area contributed by atoms with Crippen LogP contribution in [0.25, 0.3) is 5.76 Å². The molecule has 0 bridgehead atoms. The predicted octanol–water partition coefficient (Wildman–Crippen LogP) is 6.64. The molecule has 0 radical (unpaired) electrons. The smallest absolute Gasteiger partial charge is 0.265 e. The molecule has 7 rings (SSSR count). The second kappa shape index (κ2) is 14.6. The van der Waals surface area contributed by atoms with E-state index in [2.05, 4.69) is 42.8 Å². The Balaban J connectivity index is 1.34. The molecule has 2 N–H and O–H groups in total. The fraction of sp³-hybridized carbons (Fsp3) is 0.432. The number of hydrogen-bond acceptors (Lipinski definition) is 11. The van der Waals surface area contributed by atoms with Gasteiger partial charge in [-0.2, -0.15) is 0 Å². The normalized spacial score (nSPS) is 22.0. The minimum absolute atomic E-state index is 0.0376. The fourth-order valence-corrected chi connectivity index (χ4v) is 9.04. The summed E-state index contributed by atoms with van der Waals surface area (Å²) in [5.74, 6) is -2.69. The third-order valence-corrected chi connectivity index (χ3v) is 11.0. The zero-order valence-electron chi connectivity index (χ0n) is 33.1. The lowest BCUT2D eigenvalue weighted by molar-refractivity contribution is -0.142. The molecule has 3 aromatic carbocycles. The Kier molecular flexibility index (Phi) is 10.2. The summed E-state index contributed by atoms with van der Waals surface area (Å²) in [6.45, 7) is 8.45. The molecule has 55 heavy (non-hydrogen) atoms. The minimum atomic E-state index is -2.50. The van der Waals surface area contributed by atoms with Gasteiger partial charge in [-0.25, -0.2) is 0 Å². The molecule has 290 valence electrons. The van der Waals surface area contributed by atoms with Gasteiger partial charge in [0.05, 0.1) is 11.6 Å². The molecule has 0 saturated heterocycles. The quantitative estimate of drug-likeness (QED) is 0.160. The summed E-state index contributed by atoms with van der Waals surface area (Å²) in [6.07, 6.45) is 0.624. The number of Topliss-reactive ketones (excluding diaryl/α,β-unsaturated/α-hetero) is 2. The molecule has 0 unspecified atom stereocenters. The Hall–Kier alpha value is -4.97. The van der Waals surface area contributed by atoms with Crippen LogP contribution in [0.15, 0.2) is 76.8 Å². The third kappa shape index (κ3) is 6.94. The lowest BCUT2D eigenvalue weighted by atomic mass is 9.57. The number of nitrogens with zero attached hydrogens (tertiary/aromatic N) is 4. The maximum atomic E-state index is 14.9. The molecule has 4 atom stereocenters. The first-order chi connectivity index (χ1) is 26.1. The van der Waals surface area contributed by atoms with Gasteiger partial charge in [0.15, 0.2) is 11.4 Å². The molecular weight excluding hydrogens is 697 g/mol. The van der Waals surface area contributed by atoms with Crippen molar-refractivity contribution >= 4 is 23.0 Å². The second-order valence-electron chi connectivity index (χ2n) is 17.0. The molecular formula is C44H52N4O7. The number of aliphatic hydroxyl groups excluding tert-OH is 1. The Morgan fingerprint density at radius 3 is 2.09 bits per heavy atom. The van der Waals surface area contributed by atoms with Crippen molar-refractivity contribution in [3.05, 3.63) is 111 Å². The van der Waals surface area contributed by atoms with E-state index in [1.807, 2.05) is 99.8 Å². The van der Waals surface area contributed by atoms with E-state index in [1.165, 1.54) is 0 Å². The van der Waals surface area contributed by atoms with Crippen molar-refractivity contribution in [3.63, 3.8) is 0 Å². The molecule has 4 aromatic rings. The van der Waals surface area contributed by atoms with Crippen molar-refractivity contribution in [2.45, 2.75) is 65.0 Å². The number of fused-ring (bicyclic) bond motifs is 4. The maximum absolute atomic E-state index is 14.9. The number of rotatable bonds is 11. The van der Waals surface area contributed by atoms with Crippen LogP contribution in [0, 0.1) is 17.3 Å². The average molecular weight is 749 g/mol. The standard InChI is InChI=1S/C44H52N4O7/c1-43(2,3)25-48(8)22-29-21-32(53-23-26-15-11-9-12-16-26)34-30(36(29)46(4)5)19-28-20-31-37(47(6)7)39-35(41(51)44(31,52)40(50)33(28)38(34)49)42(45-55-39)54-24-27-17-13-10-14-18-27/h9-18,21,28,31,37,49,52H,19-20,22-25H2,1-8H3/t28-,31-,37-,44-/m0/s1. The molecule has 1 saturated carbocycles. The number of ketones is 2. The molecule has 1 aromatic heterocycles. The van der Waals surface area contributed by atoms with Crippen molar-refractivity contribution in [2.75, 3.05) is 46.7 Å². The summed E-state index contributed by atoms with van der Waals surface area (Å²) >= 11 is 0. The van der Waals surface area contributed by atoms with Crippen LogP contribution < -0.4 is 14.4 Å². The van der Waals surface area contributed by atoms with E-state index in [-0.39, 0.29) is 53.6 Å². The third-order valence-electron chi connectivity index (χ3n) is 11.0. The van der Waals surface area contributed by atoms with Crippen molar-refractivity contribution in [1.82, 2.24) is 15.0 Å². The molecule has 3 aliphatic rings. The minimum Gasteiger partial charge on any atom is -0.507 e. The Bertz CT molecular complexity index is 2120. The largest absolute Gasteiger partial charge is 0.507 e. The SMILES string of the molecule is CN(Cc1cc(OCc2ccccc2)c2c(c1N(C)C)C[C@H]1C[C@H]3[C@H](N(C)C)c4onc(OCc5ccccc5)c4C(=O)[C@@]3(O)C(=O)C1=C2O)CC(C)(C)C. The van der Waals surface area contributed by atoms with Crippen LogP contribution in [0.5, 0.6) is 11.6 Å². The van der Waals surface area contributed by atoms with Crippen LogP contribution >= 0.6 is 0 Å². The first-order valence-corrected chi connectivity index (χ1v) is 18.9. The van der Waals surface area contributed by atoms with E-state index < -0.39 is 35.0 Å². The molecule has 0 amide bonds. The second-order valence-corrected chi connectivity index (χ2v) is 17.0. The molecule has 0 spiro atoms. The van der Waals surface area contributed by atoms with E-state index >= 15 is 0 Å². The highest BCUT2D eigenvalue weighted by Crippen LogP contribution is 2.57. The van der Waals surface area contributed by atoms with E-state index in [0.717, 1.165) is 34.5 Å². The number of anilines is 1. The lowest BCUT2D eigenvalue weighted by Crippen LogP contribution is -2.63. The molecule has 11 heteroatoms. The summed E-state index contributed by atoms with van der Waals surface area (Å²) in [7, 11) is 9.71. The van der Waals surface area contributed by atoms with Crippen molar-refractivity contribution < 1.29 is 33.8 Å². The highest BCUT2D eigenvalue weighted by atomic mass is 16.5. The van der Waals surface area contributed by atoms with Gasteiger partial charge in [0, 0.05) is 44.4 Å². The summed E-state index contributed by atoms with van der Waals surface area (Å²) in [4.78, 5) is 35.7. The highest BCUT2D eigenvalue weighted by Gasteiger charge is 2.65. The molecule has 11 nitrogen and oxygen atoms in total. The first-order valence-electron chi connectivity index (χ1n) is 18.9. The summed E-state index contributed by atoms with van der Waals surface area (Å²) < 4.78 is 18.4. The fourth-order valence-electron chi connectivity index (χ4n) is 9.04. The zero-order chi connectivity index (χ0) is 39.4. The van der Waals surface area contributed by atoms with Gasteiger partial charge in [-0.1, -0.05) is 81.4 Å². The number of carbonyl (C=O) groups is 2. The van der Waals surface area contributed by atoms with E-state index in [9.17, 15) is 19.8 Å². The van der Waals surface area contributed by atoms with Crippen molar-refractivity contribution in [3.8, 4) is 11.6 Å². The Labute approximate surface area is 323 Å². The van der Waals surface area contributed by atoms with Gasteiger partial charge in [-0.15, -0.1) is 0 Å². The summed E-state index contributed by atoms with van der Waals surface area (Å²) in [6, 6.07) is 20.5. The van der Waals surface area contributed by atoms with Gasteiger partial charge >= 0.3 is 0 Å². The van der Waals surface area contributed by atoms with Crippen molar-refractivity contribution in [2.24, 2.45) is 17.3 Å². The maximum Gasteiger partial charge on any atom is 0.265 e. The number of carbonyl (C=O) groups excluding carboxylic acids is 2. The molecule has 3 aliphatic carbocycles. The van der Waals surface area contributed by atoms with Crippen molar-refractivity contribution in [1.29, 1.82) is 0 Å².